The molecule has 504 valence electrons. The number of aliphatic hydroxyl groups is 1. The molecule has 0 unspecified atom stereocenters. The van der Waals surface area contributed by atoms with Crippen LogP contribution in [0.5, 0.6) is 11.5 Å². The minimum Gasteiger partial charge on any atom is -0.508 e. The van der Waals surface area contributed by atoms with E-state index >= 15 is 0 Å². The second-order valence-electron chi connectivity index (χ2n) is 22.8. The molecule has 10 atom stereocenters. The van der Waals surface area contributed by atoms with E-state index in [0.29, 0.717) is 18.4 Å². The van der Waals surface area contributed by atoms with E-state index in [-0.39, 0.29) is 93.8 Å². The molecule has 2 bridgehead atoms. The molecule has 3 rings (SSSR count). The smallest absolute Gasteiger partial charge is 0.313 e. The summed E-state index contributed by atoms with van der Waals surface area (Å²) < 4.78 is 5.30. The molecule has 1 heterocycles. The molecule has 0 fully saturated rings. The van der Waals surface area contributed by atoms with E-state index < -0.39 is 162 Å². The monoisotopic (exact) mass is 1280 g/mol. The van der Waals surface area contributed by atoms with Crippen LogP contribution in [-0.2, 0) is 64.0 Å². The van der Waals surface area contributed by atoms with Crippen LogP contribution in [0.4, 0.5) is 5.69 Å². The van der Waals surface area contributed by atoms with Crippen LogP contribution >= 0.6 is 0 Å². The van der Waals surface area contributed by atoms with E-state index in [0.717, 1.165) is 6.07 Å². The first-order valence-electron chi connectivity index (χ1n) is 30.2. The van der Waals surface area contributed by atoms with Crippen LogP contribution in [0.25, 0.3) is 0 Å². The maximum absolute atomic E-state index is 14.3. The van der Waals surface area contributed by atoms with E-state index in [1.54, 1.807) is 41.5 Å². The molecule has 13 amide bonds. The largest absolute Gasteiger partial charge is 0.508 e. The predicted octanol–water partition coefficient (Wildman–Crippen LogP) is -4.06. The summed E-state index contributed by atoms with van der Waals surface area (Å²) in [4.78, 5) is 176. The zero-order valence-corrected chi connectivity index (χ0v) is 52.5. The Bertz CT molecular complexity index is 2860. The fourth-order valence-electron chi connectivity index (χ4n) is 9.14. The number of hydrazine groups is 1. The fraction of sp³-hybridized carbons (Fsp3) is 0.576. The highest BCUT2D eigenvalue weighted by Gasteiger charge is 2.37. The Kier molecular flexibility index (Phi) is 32.3. The van der Waals surface area contributed by atoms with Gasteiger partial charge in [0.1, 0.15) is 53.8 Å². The van der Waals surface area contributed by atoms with Crippen LogP contribution in [0.15, 0.2) is 42.5 Å². The number of rotatable bonds is 15. The molecule has 0 saturated heterocycles. The topological polar surface area (TPSA) is 520 Å². The number of nitrogens with one attached hydrogen (secondary N) is 12. The number of phenolic OH excluding ortho intramolecular Hbond substituents is 1. The lowest BCUT2D eigenvalue weighted by Crippen LogP contribution is -2.61. The van der Waals surface area contributed by atoms with E-state index in [4.69, 9.17) is 27.7 Å². The molecule has 0 aliphatic carbocycles. The Balaban J connectivity index is 2.01. The van der Waals surface area contributed by atoms with Gasteiger partial charge >= 0.3 is 11.8 Å². The molecule has 0 radical (unpaired) electrons. The SMILES string of the molecule is CC[C@H](C)[C@@H]1NC(=O)[C@H](CCC(N)=O)NC(=O)[C@H](C(C)C)NC(=O)[C@@H](N)CCCNC(=O)[C@H](CO)NC(=O)[C@H](CCCCN)NC(=O)C(=O)Nc2ccc(OC)c(c2)C(=O)NNC(=O)[C@@H](N)CCCNC(=O)[C@H](Cc2ccc(O)cc2)NC(=O)[C@H](C(C)C)NC1=O. The van der Waals surface area contributed by atoms with Crippen molar-refractivity contribution in [3.63, 3.8) is 0 Å². The van der Waals surface area contributed by atoms with Crippen LogP contribution in [0.2, 0.25) is 0 Å². The number of carbonyl (C=O) groups is 13. The molecule has 0 spiro atoms. The van der Waals surface area contributed by atoms with E-state index in [2.05, 4.69) is 64.0 Å². The number of ether oxygens (including phenoxy) is 1. The number of hydrogen-bond acceptors (Lipinski definition) is 19. The number of primary amides is 1. The summed E-state index contributed by atoms with van der Waals surface area (Å²) in [6.45, 7) is 8.97. The molecule has 32 heteroatoms. The average Bonchev–Trinajstić information content (AvgIpc) is 3.44. The molecule has 2 aromatic rings. The third-order valence-electron chi connectivity index (χ3n) is 14.9. The van der Waals surface area contributed by atoms with Crippen molar-refractivity contribution in [3.8, 4) is 11.5 Å². The van der Waals surface area contributed by atoms with Crippen LogP contribution in [0, 0.1) is 17.8 Å². The third kappa shape index (κ3) is 25.4. The van der Waals surface area contributed by atoms with E-state index in [1.807, 2.05) is 0 Å². The van der Waals surface area contributed by atoms with Gasteiger partial charge in [-0.1, -0.05) is 60.1 Å². The second-order valence-corrected chi connectivity index (χ2v) is 22.8. The summed E-state index contributed by atoms with van der Waals surface area (Å²) in [5.41, 5.74) is 28.1. The van der Waals surface area contributed by atoms with Crippen molar-refractivity contribution in [3.05, 3.63) is 53.6 Å². The molecule has 1 aliphatic rings. The van der Waals surface area contributed by atoms with Crippen LogP contribution in [0.3, 0.4) is 0 Å². The first-order valence-corrected chi connectivity index (χ1v) is 30.2. The number of carbonyl (C=O) groups excluding carboxylic acids is 13. The number of aromatic hydroxyl groups is 1. The summed E-state index contributed by atoms with van der Waals surface area (Å²) in [7, 11) is 1.24. The number of methoxy groups -OCH3 is 1. The summed E-state index contributed by atoms with van der Waals surface area (Å²) >= 11 is 0. The van der Waals surface area contributed by atoms with Crippen molar-refractivity contribution in [1.82, 2.24) is 58.7 Å². The Morgan fingerprint density at radius 1 is 0.582 bits per heavy atom. The number of benzene rings is 2. The van der Waals surface area contributed by atoms with Crippen molar-refractivity contribution < 1.29 is 77.3 Å². The predicted molar refractivity (Wildman–Crippen MR) is 331 cm³/mol. The standard InChI is InChI=1S/C59H92N16O16/c1-8-32(6)47-57(88)72-46(31(4)5)56(87)69-41(27-33-16-19-35(77)20-17-33)51(82)64-25-12-14-38(62)50(81)75-74-48(79)36-28-34(18-22-43(36)91-7)66-58(89)59(90)68-39(15-9-10-24-60)53(84)70-42(29-76)52(83)65-26-11-13-37(61)49(80)71-45(30(2)3)55(86)67-40(54(85)73-47)21-23-44(63)78/h16-20,22,28,30-32,37-42,45-47,76-77H,8-15,21,23-27,29,60-62H2,1-7H3,(H2,63,78)(H,64,82)(H,65,83)(H,66,89)(H,67,86)(H,68,90)(H,69,87)(H,70,84)(H,71,80)(H,72,88)(H,73,85)(H,74,79)(H,75,81)/t32-,37-,38-,39-,40-,41-,42-,45-,46-,47-/m0/s1. The summed E-state index contributed by atoms with van der Waals surface area (Å²) in [6.07, 6.45) is 0.137. The van der Waals surface area contributed by atoms with Gasteiger partial charge in [-0.05, 0) is 112 Å². The molecule has 22 N–H and O–H groups in total. The quantitative estimate of drug-likeness (QED) is 0.0596. The minimum atomic E-state index is -1.56. The average molecular weight is 1280 g/mol. The van der Waals surface area contributed by atoms with E-state index in [1.165, 1.54) is 43.5 Å². The van der Waals surface area contributed by atoms with E-state index in [9.17, 15) is 72.5 Å². The van der Waals surface area contributed by atoms with Crippen molar-refractivity contribution in [1.29, 1.82) is 0 Å². The number of nitrogens with two attached hydrogens (primary N) is 4. The molecule has 32 nitrogen and oxygen atoms in total. The Morgan fingerprint density at radius 3 is 1.65 bits per heavy atom. The Hall–Kier alpha value is -9.01. The highest BCUT2D eigenvalue weighted by molar-refractivity contribution is 6.40. The molecular weight excluding hydrogens is 1190 g/mol. The lowest BCUT2D eigenvalue weighted by Gasteiger charge is -2.31. The molecule has 0 aromatic heterocycles. The van der Waals surface area contributed by atoms with Gasteiger partial charge in [0.2, 0.25) is 53.2 Å². The molecular formula is C59H92N16O16. The van der Waals surface area contributed by atoms with Gasteiger partial charge in [-0.3, -0.25) is 73.2 Å². The molecule has 91 heavy (non-hydrogen) atoms. The van der Waals surface area contributed by atoms with Crippen LogP contribution in [-0.4, -0.2) is 175 Å². The summed E-state index contributed by atoms with van der Waals surface area (Å²) in [6, 6.07) is -2.73. The Labute approximate surface area is 527 Å². The van der Waals surface area contributed by atoms with Crippen molar-refractivity contribution in [2.75, 3.05) is 38.7 Å². The number of unbranched alkanes of at least 4 members (excludes halogenated alkanes) is 1. The number of amides is 13. The first-order chi connectivity index (χ1) is 43.0. The first kappa shape index (κ1) is 76.2. The fourth-order valence-corrected chi connectivity index (χ4v) is 9.14. The Morgan fingerprint density at radius 2 is 1.10 bits per heavy atom. The lowest BCUT2D eigenvalue weighted by molar-refractivity contribution is -0.138. The van der Waals surface area contributed by atoms with Gasteiger partial charge in [0.05, 0.1) is 31.4 Å². The summed E-state index contributed by atoms with van der Waals surface area (Å²) in [5.74, 6) is -13.8. The number of phenols is 1. The van der Waals surface area contributed by atoms with Crippen molar-refractivity contribution in [2.24, 2.45) is 40.7 Å². The van der Waals surface area contributed by atoms with Gasteiger partial charge in [-0.2, -0.15) is 0 Å². The molecule has 1 aliphatic heterocycles. The number of anilines is 1. The maximum atomic E-state index is 14.3. The van der Waals surface area contributed by atoms with Gasteiger partial charge in [-0.15, -0.1) is 0 Å². The number of fused-ring (bicyclic) bond motifs is 2. The zero-order valence-electron chi connectivity index (χ0n) is 52.5. The van der Waals surface area contributed by atoms with Crippen molar-refractivity contribution in [2.45, 2.75) is 167 Å². The second kappa shape index (κ2) is 38.5. The van der Waals surface area contributed by atoms with Gasteiger partial charge in [-0.25, -0.2) is 0 Å². The third-order valence-corrected chi connectivity index (χ3v) is 14.9. The van der Waals surface area contributed by atoms with Crippen LogP contribution < -0.4 is 91.7 Å². The zero-order chi connectivity index (χ0) is 68.1. The highest BCUT2D eigenvalue weighted by atomic mass is 16.5. The van der Waals surface area contributed by atoms with Gasteiger partial charge in [0.15, 0.2) is 0 Å². The lowest BCUT2D eigenvalue weighted by atomic mass is 9.95. The molecule has 2 aromatic carbocycles. The minimum absolute atomic E-state index is 0.0271. The number of aliphatic hydroxyl groups excluding tert-OH is 1. The van der Waals surface area contributed by atoms with Crippen molar-refractivity contribution >= 4 is 82.5 Å². The van der Waals surface area contributed by atoms with Gasteiger partial charge < -0.3 is 91.1 Å². The van der Waals surface area contributed by atoms with Gasteiger partial charge in [0.25, 0.3) is 11.8 Å². The normalized spacial score (nSPS) is 24.1. The summed E-state index contributed by atoms with van der Waals surface area (Å²) in [5, 5.41) is 45.6. The maximum Gasteiger partial charge on any atom is 0.313 e. The highest BCUT2D eigenvalue weighted by Crippen LogP contribution is 2.23. The molecule has 0 saturated carbocycles. The van der Waals surface area contributed by atoms with Crippen LogP contribution in [0.1, 0.15) is 122 Å². The van der Waals surface area contributed by atoms with Gasteiger partial charge in [0, 0.05) is 31.6 Å². The number of hydrogen-bond donors (Lipinski definition) is 18.